The Kier molecular flexibility index (Phi) is 5.42. The molecule has 1 aliphatic heterocycles. The van der Waals surface area contributed by atoms with E-state index in [1.807, 2.05) is 13.0 Å². The molecule has 0 radical (unpaired) electrons. The molecule has 3 rings (SSSR count). The third-order valence-corrected chi connectivity index (χ3v) is 4.42. The number of hydrogen-bond donors (Lipinski definition) is 2. The van der Waals surface area contributed by atoms with Crippen LogP contribution < -0.4 is 10.2 Å². The van der Waals surface area contributed by atoms with Crippen molar-refractivity contribution < 1.29 is 14.0 Å². The Balaban J connectivity index is 1.43. The molecule has 130 valence electrons. The van der Waals surface area contributed by atoms with Crippen LogP contribution in [0.2, 0.25) is 0 Å². The van der Waals surface area contributed by atoms with Gasteiger partial charge in [0.2, 0.25) is 0 Å². The highest BCUT2D eigenvalue weighted by atomic mass is 19.1. The third kappa shape index (κ3) is 4.10. The predicted molar refractivity (Wildman–Crippen MR) is 88.3 cm³/mol. The molecule has 1 aromatic heterocycles. The summed E-state index contributed by atoms with van der Waals surface area (Å²) in [4.78, 5) is 6.39. The summed E-state index contributed by atoms with van der Waals surface area (Å²) in [6, 6.07) is 5.45. The van der Waals surface area contributed by atoms with Gasteiger partial charge in [-0.05, 0) is 43.5 Å². The predicted octanol–water partition coefficient (Wildman–Crippen LogP) is 1.81. The van der Waals surface area contributed by atoms with Gasteiger partial charge in [-0.2, -0.15) is 4.98 Å². The van der Waals surface area contributed by atoms with Crippen molar-refractivity contribution in [2.24, 2.45) is 0 Å². The number of aromatic nitrogens is 2. The van der Waals surface area contributed by atoms with E-state index < -0.39 is 0 Å². The summed E-state index contributed by atoms with van der Waals surface area (Å²) in [5.41, 5.74) is 2.11. The molecule has 2 aromatic rings. The van der Waals surface area contributed by atoms with E-state index >= 15 is 0 Å². The van der Waals surface area contributed by atoms with E-state index in [2.05, 4.69) is 20.4 Å². The van der Waals surface area contributed by atoms with Crippen molar-refractivity contribution in [1.82, 2.24) is 15.5 Å². The number of halogens is 1. The molecular weight excluding hydrogens is 311 g/mol. The van der Waals surface area contributed by atoms with E-state index in [0.717, 1.165) is 43.7 Å². The van der Waals surface area contributed by atoms with Gasteiger partial charge < -0.3 is 19.8 Å². The highest BCUT2D eigenvalue weighted by molar-refractivity contribution is 5.53. The molecule has 0 atom stereocenters. The molecule has 0 spiro atoms. The Morgan fingerprint density at radius 2 is 2.17 bits per heavy atom. The van der Waals surface area contributed by atoms with Crippen LogP contribution in [-0.2, 0) is 13.0 Å². The van der Waals surface area contributed by atoms with Crippen molar-refractivity contribution in [1.29, 1.82) is 0 Å². The van der Waals surface area contributed by atoms with E-state index in [1.165, 1.54) is 6.07 Å². The molecule has 6 nitrogen and oxygen atoms in total. The zero-order valence-corrected chi connectivity index (χ0v) is 13.8. The molecule has 1 saturated heterocycles. The molecule has 2 heterocycles. The number of aliphatic hydroxyl groups excluding tert-OH is 1. The minimum Gasteiger partial charge on any atom is -0.387 e. The SMILES string of the molecule is Cc1cc(F)ccc1N1CCC(NCCc2noc(CO)n2)CC1. The number of nitrogens with one attached hydrogen (secondary N) is 1. The van der Waals surface area contributed by atoms with Crippen molar-refractivity contribution in [2.45, 2.75) is 38.8 Å². The minimum absolute atomic E-state index is 0.182. The summed E-state index contributed by atoms with van der Waals surface area (Å²) in [5, 5.41) is 16.2. The summed E-state index contributed by atoms with van der Waals surface area (Å²) in [6.07, 6.45) is 2.77. The zero-order valence-electron chi connectivity index (χ0n) is 13.8. The molecular formula is C17H23FN4O2. The maximum absolute atomic E-state index is 13.2. The van der Waals surface area contributed by atoms with E-state index in [1.54, 1.807) is 6.07 Å². The van der Waals surface area contributed by atoms with Crippen LogP contribution in [-0.4, -0.2) is 40.9 Å². The van der Waals surface area contributed by atoms with Crippen LogP contribution in [0, 0.1) is 12.7 Å². The van der Waals surface area contributed by atoms with Crippen molar-refractivity contribution in [3.63, 3.8) is 0 Å². The van der Waals surface area contributed by atoms with Crippen LogP contribution in [0.5, 0.6) is 0 Å². The minimum atomic E-state index is -0.221. The lowest BCUT2D eigenvalue weighted by Gasteiger charge is -2.35. The number of aryl methyl sites for hydroxylation is 1. The molecule has 0 bridgehead atoms. The van der Waals surface area contributed by atoms with Gasteiger partial charge in [-0.1, -0.05) is 5.16 Å². The first kappa shape index (κ1) is 16.9. The molecule has 2 N–H and O–H groups in total. The van der Waals surface area contributed by atoms with Crippen LogP contribution in [0.25, 0.3) is 0 Å². The number of rotatable bonds is 6. The van der Waals surface area contributed by atoms with Gasteiger partial charge in [0.15, 0.2) is 5.82 Å². The topological polar surface area (TPSA) is 74.4 Å². The Bertz CT molecular complexity index is 668. The smallest absolute Gasteiger partial charge is 0.252 e. The molecule has 0 aliphatic carbocycles. The van der Waals surface area contributed by atoms with Gasteiger partial charge >= 0.3 is 0 Å². The van der Waals surface area contributed by atoms with Crippen LogP contribution in [0.15, 0.2) is 22.7 Å². The lowest BCUT2D eigenvalue weighted by atomic mass is 10.0. The Morgan fingerprint density at radius 1 is 1.38 bits per heavy atom. The molecule has 1 fully saturated rings. The second kappa shape index (κ2) is 7.72. The summed E-state index contributed by atoms with van der Waals surface area (Å²) < 4.78 is 18.1. The summed E-state index contributed by atoms with van der Waals surface area (Å²) in [7, 11) is 0. The van der Waals surface area contributed by atoms with E-state index in [9.17, 15) is 4.39 Å². The van der Waals surface area contributed by atoms with Crippen molar-refractivity contribution >= 4 is 5.69 Å². The average Bonchev–Trinajstić information content (AvgIpc) is 3.04. The first-order chi connectivity index (χ1) is 11.7. The number of anilines is 1. The molecule has 0 amide bonds. The monoisotopic (exact) mass is 334 g/mol. The normalized spacial score (nSPS) is 15.9. The van der Waals surface area contributed by atoms with Gasteiger partial charge in [0.25, 0.3) is 5.89 Å². The average molecular weight is 334 g/mol. The zero-order chi connectivity index (χ0) is 16.9. The van der Waals surface area contributed by atoms with Crippen LogP contribution in [0.1, 0.15) is 30.1 Å². The van der Waals surface area contributed by atoms with Gasteiger partial charge in [-0.15, -0.1) is 0 Å². The standard InChI is InChI=1S/C17H23FN4O2/c1-12-10-13(18)2-3-15(12)22-8-5-14(6-9-22)19-7-4-16-20-17(11-23)24-21-16/h2-3,10,14,19,23H,4-9,11H2,1H3. The van der Waals surface area contributed by atoms with Gasteiger partial charge in [-0.25, -0.2) is 4.39 Å². The molecule has 0 saturated carbocycles. The number of benzene rings is 1. The van der Waals surface area contributed by atoms with Gasteiger partial charge in [-0.3, -0.25) is 0 Å². The largest absolute Gasteiger partial charge is 0.387 e. The highest BCUT2D eigenvalue weighted by Gasteiger charge is 2.20. The summed E-state index contributed by atoms with van der Waals surface area (Å²) >= 11 is 0. The van der Waals surface area contributed by atoms with Crippen LogP contribution in [0.4, 0.5) is 10.1 Å². The second-order valence-electron chi connectivity index (χ2n) is 6.16. The van der Waals surface area contributed by atoms with E-state index in [4.69, 9.17) is 9.63 Å². The Morgan fingerprint density at radius 3 is 2.83 bits per heavy atom. The summed E-state index contributed by atoms with van der Waals surface area (Å²) in [6.45, 7) is 4.43. The molecule has 1 aromatic carbocycles. The maximum Gasteiger partial charge on any atom is 0.252 e. The molecule has 7 heteroatoms. The van der Waals surface area contributed by atoms with Gasteiger partial charge in [0.05, 0.1) is 0 Å². The highest BCUT2D eigenvalue weighted by Crippen LogP contribution is 2.24. The van der Waals surface area contributed by atoms with Gasteiger partial charge in [0, 0.05) is 37.8 Å². The molecule has 1 aliphatic rings. The van der Waals surface area contributed by atoms with Crippen molar-refractivity contribution in [3.8, 4) is 0 Å². The molecule has 24 heavy (non-hydrogen) atoms. The quantitative estimate of drug-likeness (QED) is 0.839. The first-order valence-electron chi connectivity index (χ1n) is 8.32. The molecule has 0 unspecified atom stereocenters. The third-order valence-electron chi connectivity index (χ3n) is 4.42. The summed E-state index contributed by atoms with van der Waals surface area (Å²) in [5.74, 6) is 0.692. The number of hydrogen-bond acceptors (Lipinski definition) is 6. The fourth-order valence-electron chi connectivity index (χ4n) is 3.14. The Labute approximate surface area is 140 Å². The fraction of sp³-hybridized carbons (Fsp3) is 0.529. The lowest BCUT2D eigenvalue weighted by Crippen LogP contribution is -2.43. The number of nitrogens with zero attached hydrogens (tertiary/aromatic N) is 3. The van der Waals surface area contributed by atoms with Gasteiger partial charge in [0.1, 0.15) is 12.4 Å². The lowest BCUT2D eigenvalue weighted by molar-refractivity contribution is 0.222. The fourth-order valence-corrected chi connectivity index (χ4v) is 3.14. The van der Waals surface area contributed by atoms with E-state index in [0.29, 0.717) is 18.3 Å². The number of aliphatic hydroxyl groups is 1. The van der Waals surface area contributed by atoms with Crippen LogP contribution in [0.3, 0.4) is 0 Å². The van der Waals surface area contributed by atoms with Crippen molar-refractivity contribution in [2.75, 3.05) is 24.5 Å². The maximum atomic E-state index is 13.2. The van der Waals surface area contributed by atoms with E-state index in [-0.39, 0.29) is 18.3 Å². The Hall–Kier alpha value is -1.99. The number of piperidine rings is 1. The van der Waals surface area contributed by atoms with Crippen LogP contribution >= 0.6 is 0 Å². The first-order valence-corrected chi connectivity index (χ1v) is 8.32. The van der Waals surface area contributed by atoms with Crippen molar-refractivity contribution in [3.05, 3.63) is 41.3 Å². The second-order valence-corrected chi connectivity index (χ2v) is 6.16.